The van der Waals surface area contributed by atoms with Crippen LogP contribution in [-0.4, -0.2) is 33.7 Å². The molecule has 1 amide bonds. The maximum absolute atomic E-state index is 13.1. The molecule has 3 aromatic rings. The van der Waals surface area contributed by atoms with Crippen molar-refractivity contribution in [1.29, 1.82) is 0 Å². The Hall–Kier alpha value is -2.77. The predicted molar refractivity (Wildman–Crippen MR) is 125 cm³/mol. The van der Waals surface area contributed by atoms with Gasteiger partial charge in [0.15, 0.2) is 0 Å². The minimum Gasteiger partial charge on any atom is -0.495 e. The van der Waals surface area contributed by atoms with Gasteiger partial charge in [-0.2, -0.15) is 0 Å². The fourth-order valence-corrected chi connectivity index (χ4v) is 5.05. The Morgan fingerprint density at radius 2 is 1.84 bits per heavy atom. The first-order chi connectivity index (χ1) is 14.8. The first kappa shape index (κ1) is 22.9. The van der Waals surface area contributed by atoms with Gasteiger partial charge in [-0.3, -0.25) is 9.10 Å². The quantitative estimate of drug-likeness (QED) is 0.541. The van der Waals surface area contributed by atoms with Crippen molar-refractivity contribution >= 4 is 44.0 Å². The third-order valence-corrected chi connectivity index (χ3v) is 6.53. The van der Waals surface area contributed by atoms with Gasteiger partial charge in [-0.1, -0.05) is 61.0 Å². The van der Waals surface area contributed by atoms with Gasteiger partial charge in [-0.15, -0.1) is 0 Å². The highest BCUT2D eigenvalue weighted by atomic mass is 35.5. The second-order valence-corrected chi connectivity index (χ2v) is 9.42. The van der Waals surface area contributed by atoms with Crippen LogP contribution in [0, 0.1) is 0 Å². The summed E-state index contributed by atoms with van der Waals surface area (Å²) < 4.78 is 31.5. The lowest BCUT2D eigenvalue weighted by molar-refractivity contribution is -0.122. The number of ether oxygens (including phenoxy) is 1. The fourth-order valence-electron chi connectivity index (χ4n) is 3.60. The van der Waals surface area contributed by atoms with Crippen LogP contribution in [0.4, 0.5) is 5.69 Å². The zero-order valence-electron chi connectivity index (χ0n) is 17.6. The molecule has 8 heteroatoms. The third-order valence-electron chi connectivity index (χ3n) is 5.05. The number of nitrogens with one attached hydrogen (secondary N) is 1. The topological polar surface area (TPSA) is 75.7 Å². The van der Waals surface area contributed by atoms with E-state index in [0.29, 0.717) is 11.4 Å². The van der Waals surface area contributed by atoms with Crippen LogP contribution >= 0.6 is 11.6 Å². The molecule has 1 N–H and O–H groups in total. The number of benzene rings is 3. The van der Waals surface area contributed by atoms with E-state index >= 15 is 0 Å². The number of carbonyl (C=O) groups excluding carboxylic acids is 1. The van der Waals surface area contributed by atoms with Crippen molar-refractivity contribution in [2.24, 2.45) is 0 Å². The second-order valence-electron chi connectivity index (χ2n) is 7.16. The molecule has 0 spiro atoms. The molecule has 1 atom stereocenters. The number of carbonyl (C=O) groups is 1. The molecular weight excluding hydrogens is 436 g/mol. The minimum atomic E-state index is -3.76. The summed E-state index contributed by atoms with van der Waals surface area (Å²) >= 11 is 6.20. The number of halogens is 1. The lowest BCUT2D eigenvalue weighted by Gasteiger charge is -2.30. The van der Waals surface area contributed by atoms with Crippen LogP contribution in [0.2, 0.25) is 5.02 Å². The van der Waals surface area contributed by atoms with Crippen molar-refractivity contribution in [3.8, 4) is 5.75 Å². The van der Waals surface area contributed by atoms with E-state index in [1.165, 1.54) is 13.2 Å². The highest BCUT2D eigenvalue weighted by Gasteiger charge is 2.31. The Bertz CT molecular complexity index is 1190. The van der Waals surface area contributed by atoms with Gasteiger partial charge in [0.2, 0.25) is 15.9 Å². The van der Waals surface area contributed by atoms with Gasteiger partial charge in [0.05, 0.1) is 24.1 Å². The number of methoxy groups -OCH3 is 1. The lowest BCUT2D eigenvalue weighted by atomic mass is 10.0. The van der Waals surface area contributed by atoms with E-state index in [4.69, 9.17) is 16.3 Å². The van der Waals surface area contributed by atoms with E-state index in [0.717, 1.165) is 26.9 Å². The number of hydrogen-bond donors (Lipinski definition) is 1. The zero-order chi connectivity index (χ0) is 22.6. The van der Waals surface area contributed by atoms with Crippen LogP contribution in [0.1, 0.15) is 18.9 Å². The standard InChI is InChI=1S/C23H25ClN2O4S/c1-4-21(26(31(3,28)29)18-12-13-22(30-2)20(24)14-18)23(27)25-15-17-10-7-9-16-8-5-6-11-19(16)17/h5-14,21H,4,15H2,1-3H3,(H,25,27)/t21-/m1/s1. The maximum atomic E-state index is 13.1. The predicted octanol–water partition coefficient (Wildman–Crippen LogP) is 4.36. The molecule has 0 saturated heterocycles. The van der Waals surface area contributed by atoms with Gasteiger partial charge in [-0.25, -0.2) is 8.42 Å². The molecule has 6 nitrogen and oxygen atoms in total. The monoisotopic (exact) mass is 460 g/mol. The summed E-state index contributed by atoms with van der Waals surface area (Å²) in [7, 11) is -2.28. The summed E-state index contributed by atoms with van der Waals surface area (Å²) in [6.45, 7) is 2.06. The molecule has 0 unspecified atom stereocenters. The van der Waals surface area contributed by atoms with Crippen molar-refractivity contribution in [2.45, 2.75) is 25.9 Å². The molecule has 3 aromatic carbocycles. The van der Waals surface area contributed by atoms with Crippen LogP contribution in [-0.2, 0) is 21.4 Å². The average molecular weight is 461 g/mol. The second kappa shape index (κ2) is 9.58. The van der Waals surface area contributed by atoms with E-state index in [1.54, 1.807) is 19.1 Å². The van der Waals surface area contributed by atoms with Crippen molar-refractivity contribution in [3.05, 3.63) is 71.2 Å². The molecule has 0 heterocycles. The van der Waals surface area contributed by atoms with Gasteiger partial charge in [-0.05, 0) is 41.0 Å². The van der Waals surface area contributed by atoms with E-state index in [1.807, 2.05) is 42.5 Å². The number of fused-ring (bicyclic) bond motifs is 1. The van der Waals surface area contributed by atoms with E-state index in [2.05, 4.69) is 5.32 Å². The van der Waals surface area contributed by atoms with Crippen molar-refractivity contribution < 1.29 is 17.9 Å². The number of amides is 1. The zero-order valence-corrected chi connectivity index (χ0v) is 19.2. The van der Waals surface area contributed by atoms with Gasteiger partial charge in [0, 0.05) is 6.54 Å². The summed E-state index contributed by atoms with van der Waals surface area (Å²) in [5.41, 5.74) is 1.26. The summed E-state index contributed by atoms with van der Waals surface area (Å²) in [5.74, 6) is 0.0418. The smallest absolute Gasteiger partial charge is 0.244 e. The Balaban J connectivity index is 1.88. The fraction of sp³-hybridized carbons (Fsp3) is 0.261. The molecule has 3 rings (SSSR count). The number of hydrogen-bond acceptors (Lipinski definition) is 4. The molecule has 0 fully saturated rings. The Morgan fingerprint density at radius 3 is 2.48 bits per heavy atom. The van der Waals surface area contributed by atoms with Crippen LogP contribution in [0.15, 0.2) is 60.7 Å². The SMILES string of the molecule is CC[C@H](C(=O)NCc1cccc2ccccc12)N(c1ccc(OC)c(Cl)c1)S(C)(=O)=O. The third kappa shape index (κ3) is 5.11. The number of sulfonamides is 1. The highest BCUT2D eigenvalue weighted by Crippen LogP contribution is 2.32. The number of rotatable bonds is 8. The summed E-state index contributed by atoms with van der Waals surface area (Å²) in [6.07, 6.45) is 1.36. The summed E-state index contributed by atoms with van der Waals surface area (Å²) in [6, 6.07) is 17.5. The van der Waals surface area contributed by atoms with Crippen molar-refractivity contribution in [1.82, 2.24) is 5.32 Å². The van der Waals surface area contributed by atoms with E-state index < -0.39 is 16.1 Å². The van der Waals surface area contributed by atoms with Crippen LogP contribution < -0.4 is 14.4 Å². The van der Waals surface area contributed by atoms with E-state index in [9.17, 15) is 13.2 Å². The summed E-state index contributed by atoms with van der Waals surface area (Å²) in [5, 5.41) is 5.28. The van der Waals surface area contributed by atoms with Crippen LogP contribution in [0.3, 0.4) is 0 Å². The highest BCUT2D eigenvalue weighted by molar-refractivity contribution is 7.92. The first-order valence-corrected chi connectivity index (χ1v) is 12.1. The Morgan fingerprint density at radius 1 is 1.13 bits per heavy atom. The molecule has 0 aromatic heterocycles. The maximum Gasteiger partial charge on any atom is 0.244 e. The molecular formula is C23H25ClN2O4S. The molecule has 0 aliphatic heterocycles. The molecule has 0 saturated carbocycles. The van der Waals surface area contributed by atoms with Gasteiger partial charge >= 0.3 is 0 Å². The van der Waals surface area contributed by atoms with Crippen LogP contribution in [0.25, 0.3) is 10.8 Å². The molecule has 0 bridgehead atoms. The van der Waals surface area contributed by atoms with Crippen LogP contribution in [0.5, 0.6) is 5.75 Å². The summed E-state index contributed by atoms with van der Waals surface area (Å²) in [4.78, 5) is 13.1. The normalized spacial score (nSPS) is 12.4. The Kier molecular flexibility index (Phi) is 7.08. The van der Waals surface area contributed by atoms with Gasteiger partial charge in [0.25, 0.3) is 0 Å². The molecule has 164 valence electrons. The number of anilines is 1. The minimum absolute atomic E-state index is 0.264. The molecule has 0 radical (unpaired) electrons. The lowest BCUT2D eigenvalue weighted by Crippen LogP contribution is -2.49. The first-order valence-electron chi connectivity index (χ1n) is 9.83. The van der Waals surface area contributed by atoms with Gasteiger partial charge < -0.3 is 10.1 Å². The van der Waals surface area contributed by atoms with Crippen molar-refractivity contribution in [3.63, 3.8) is 0 Å². The van der Waals surface area contributed by atoms with Gasteiger partial charge in [0.1, 0.15) is 11.8 Å². The Labute approximate surface area is 187 Å². The van der Waals surface area contributed by atoms with E-state index in [-0.39, 0.29) is 23.9 Å². The van der Waals surface area contributed by atoms with Crippen molar-refractivity contribution in [2.75, 3.05) is 17.7 Å². The largest absolute Gasteiger partial charge is 0.495 e. The molecule has 0 aliphatic rings. The average Bonchev–Trinajstić information content (AvgIpc) is 2.74. The molecule has 31 heavy (non-hydrogen) atoms. The number of nitrogens with zero attached hydrogens (tertiary/aromatic N) is 1. The molecule has 0 aliphatic carbocycles.